The maximum Gasteiger partial charge on any atom is 0.306 e. The lowest BCUT2D eigenvalue weighted by atomic mass is 9.85. The predicted molar refractivity (Wildman–Crippen MR) is 47.0 cm³/mol. The van der Waals surface area contributed by atoms with Crippen molar-refractivity contribution in [1.82, 2.24) is 5.32 Å². The normalized spacial score (nSPS) is 26.6. The van der Waals surface area contributed by atoms with Crippen LogP contribution in [0.2, 0.25) is 0 Å². The molecule has 1 heterocycles. The molecular weight excluding hydrogens is 154 g/mol. The van der Waals surface area contributed by atoms with E-state index < -0.39 is 5.97 Å². The summed E-state index contributed by atoms with van der Waals surface area (Å²) in [5.74, 6) is -0.426. The van der Waals surface area contributed by atoms with E-state index in [0.717, 1.165) is 32.4 Å². The lowest BCUT2D eigenvalue weighted by molar-refractivity contribution is -0.144. The molecule has 2 N–H and O–H groups in total. The topological polar surface area (TPSA) is 49.3 Å². The van der Waals surface area contributed by atoms with E-state index in [0.29, 0.717) is 5.92 Å². The number of aliphatic carboxylic acids is 1. The number of hydrogen-bond donors (Lipinski definition) is 2. The predicted octanol–water partition coefficient (Wildman–Crippen LogP) is 1.10. The molecule has 0 bridgehead atoms. The van der Waals surface area contributed by atoms with Crippen molar-refractivity contribution in [2.75, 3.05) is 13.1 Å². The smallest absolute Gasteiger partial charge is 0.306 e. The summed E-state index contributed by atoms with van der Waals surface area (Å²) in [7, 11) is 0. The first kappa shape index (κ1) is 9.52. The Kier molecular flexibility index (Phi) is 3.53. The van der Waals surface area contributed by atoms with Gasteiger partial charge in [-0.1, -0.05) is 6.92 Å². The standard InChI is InChI=1S/C9H17NO2/c1-2-8(9(11)12)7-4-3-5-10-6-7/h7-8,10H,2-6H2,1H3,(H,11,12)/t7?,8-/m1/s1. The first-order valence-electron chi connectivity index (χ1n) is 4.69. The average molecular weight is 171 g/mol. The molecule has 12 heavy (non-hydrogen) atoms. The Morgan fingerprint density at radius 3 is 2.92 bits per heavy atom. The van der Waals surface area contributed by atoms with Crippen LogP contribution in [0.3, 0.4) is 0 Å². The van der Waals surface area contributed by atoms with Crippen molar-refractivity contribution in [2.45, 2.75) is 26.2 Å². The van der Waals surface area contributed by atoms with Gasteiger partial charge in [-0.25, -0.2) is 0 Å². The van der Waals surface area contributed by atoms with Crippen molar-refractivity contribution in [3.05, 3.63) is 0 Å². The second kappa shape index (κ2) is 4.45. The Morgan fingerprint density at radius 1 is 1.75 bits per heavy atom. The molecule has 0 radical (unpaired) electrons. The molecule has 70 valence electrons. The maximum atomic E-state index is 10.8. The van der Waals surface area contributed by atoms with Gasteiger partial charge in [0.25, 0.3) is 0 Å². The van der Waals surface area contributed by atoms with Crippen LogP contribution < -0.4 is 5.32 Å². The molecule has 1 saturated heterocycles. The van der Waals surface area contributed by atoms with E-state index in [1.54, 1.807) is 0 Å². The first-order valence-corrected chi connectivity index (χ1v) is 4.69. The van der Waals surface area contributed by atoms with E-state index in [1.807, 2.05) is 6.92 Å². The van der Waals surface area contributed by atoms with Crippen LogP contribution in [0.15, 0.2) is 0 Å². The van der Waals surface area contributed by atoms with Crippen LogP contribution >= 0.6 is 0 Å². The van der Waals surface area contributed by atoms with Gasteiger partial charge in [0.15, 0.2) is 0 Å². The zero-order valence-corrected chi connectivity index (χ0v) is 7.55. The van der Waals surface area contributed by atoms with E-state index in [1.165, 1.54) is 0 Å². The molecule has 1 fully saturated rings. The van der Waals surface area contributed by atoms with Gasteiger partial charge in [-0.05, 0) is 38.3 Å². The van der Waals surface area contributed by atoms with E-state index in [4.69, 9.17) is 5.11 Å². The molecule has 1 unspecified atom stereocenters. The van der Waals surface area contributed by atoms with Crippen LogP contribution in [-0.2, 0) is 4.79 Å². The fourth-order valence-electron chi connectivity index (χ4n) is 1.93. The van der Waals surface area contributed by atoms with Gasteiger partial charge >= 0.3 is 5.97 Å². The van der Waals surface area contributed by atoms with Gasteiger partial charge < -0.3 is 10.4 Å². The minimum Gasteiger partial charge on any atom is -0.481 e. The third-order valence-corrected chi connectivity index (χ3v) is 2.66. The lowest BCUT2D eigenvalue weighted by Gasteiger charge is -2.27. The van der Waals surface area contributed by atoms with E-state index in [-0.39, 0.29) is 5.92 Å². The molecule has 0 aromatic rings. The number of carboxylic acids is 1. The molecule has 0 aromatic carbocycles. The number of rotatable bonds is 3. The second-order valence-electron chi connectivity index (χ2n) is 3.46. The average Bonchev–Trinajstić information content (AvgIpc) is 2.07. The highest BCUT2D eigenvalue weighted by molar-refractivity contribution is 5.70. The van der Waals surface area contributed by atoms with Gasteiger partial charge in [-0.2, -0.15) is 0 Å². The number of nitrogens with one attached hydrogen (secondary N) is 1. The van der Waals surface area contributed by atoms with E-state index >= 15 is 0 Å². The molecule has 3 nitrogen and oxygen atoms in total. The third kappa shape index (κ3) is 2.21. The molecule has 0 aliphatic carbocycles. The van der Waals surface area contributed by atoms with Crippen LogP contribution in [0.5, 0.6) is 0 Å². The summed E-state index contributed by atoms with van der Waals surface area (Å²) in [4.78, 5) is 10.8. The molecule has 1 rings (SSSR count). The summed E-state index contributed by atoms with van der Waals surface area (Å²) >= 11 is 0. The fourth-order valence-corrected chi connectivity index (χ4v) is 1.93. The SMILES string of the molecule is CC[C@@H](C(=O)O)C1CCCNC1. The monoisotopic (exact) mass is 171 g/mol. The number of hydrogen-bond acceptors (Lipinski definition) is 2. The number of piperidine rings is 1. The van der Waals surface area contributed by atoms with Gasteiger partial charge in [0, 0.05) is 0 Å². The highest BCUT2D eigenvalue weighted by Gasteiger charge is 2.27. The lowest BCUT2D eigenvalue weighted by Crippen LogP contribution is -2.36. The molecule has 0 amide bonds. The molecule has 2 atom stereocenters. The number of carboxylic acid groups (broad SMARTS) is 1. The zero-order chi connectivity index (χ0) is 8.97. The van der Waals surface area contributed by atoms with Crippen LogP contribution in [0, 0.1) is 11.8 Å². The minimum atomic E-state index is -0.633. The largest absolute Gasteiger partial charge is 0.481 e. The van der Waals surface area contributed by atoms with Gasteiger partial charge in [0.05, 0.1) is 5.92 Å². The third-order valence-electron chi connectivity index (χ3n) is 2.66. The Balaban J connectivity index is 2.46. The summed E-state index contributed by atoms with van der Waals surface area (Å²) in [6.07, 6.45) is 2.94. The van der Waals surface area contributed by atoms with Gasteiger partial charge in [0.1, 0.15) is 0 Å². The van der Waals surface area contributed by atoms with Crippen LogP contribution in [-0.4, -0.2) is 24.2 Å². The molecule has 0 aromatic heterocycles. The van der Waals surface area contributed by atoms with E-state index in [9.17, 15) is 4.79 Å². The maximum absolute atomic E-state index is 10.8. The number of carbonyl (C=O) groups is 1. The highest BCUT2D eigenvalue weighted by atomic mass is 16.4. The summed E-state index contributed by atoms with van der Waals surface area (Å²) in [5.41, 5.74) is 0. The van der Waals surface area contributed by atoms with Gasteiger partial charge in [-0.15, -0.1) is 0 Å². The van der Waals surface area contributed by atoms with Crippen molar-refractivity contribution in [3.63, 3.8) is 0 Å². The van der Waals surface area contributed by atoms with Crippen molar-refractivity contribution in [3.8, 4) is 0 Å². The van der Waals surface area contributed by atoms with Crippen molar-refractivity contribution >= 4 is 5.97 Å². The summed E-state index contributed by atoms with van der Waals surface area (Å²) in [5, 5.41) is 12.1. The Morgan fingerprint density at radius 2 is 2.50 bits per heavy atom. The van der Waals surface area contributed by atoms with Crippen molar-refractivity contribution in [1.29, 1.82) is 0 Å². The Hall–Kier alpha value is -0.570. The highest BCUT2D eigenvalue weighted by Crippen LogP contribution is 2.22. The van der Waals surface area contributed by atoms with Gasteiger partial charge in [-0.3, -0.25) is 4.79 Å². The fraction of sp³-hybridized carbons (Fsp3) is 0.889. The molecule has 0 saturated carbocycles. The van der Waals surface area contributed by atoms with Crippen LogP contribution in [0.25, 0.3) is 0 Å². The zero-order valence-electron chi connectivity index (χ0n) is 7.55. The first-order chi connectivity index (χ1) is 5.75. The van der Waals surface area contributed by atoms with E-state index in [2.05, 4.69) is 5.32 Å². The Bertz CT molecular complexity index is 153. The van der Waals surface area contributed by atoms with Gasteiger partial charge in [0.2, 0.25) is 0 Å². The summed E-state index contributed by atoms with van der Waals surface area (Å²) in [6.45, 7) is 3.88. The van der Waals surface area contributed by atoms with Crippen molar-refractivity contribution < 1.29 is 9.90 Å². The molecule has 3 heteroatoms. The molecular formula is C9H17NO2. The molecule has 1 aliphatic rings. The minimum absolute atomic E-state index is 0.141. The van der Waals surface area contributed by atoms with Crippen LogP contribution in [0.1, 0.15) is 26.2 Å². The Labute approximate surface area is 73.2 Å². The summed E-state index contributed by atoms with van der Waals surface area (Å²) in [6, 6.07) is 0. The molecule has 0 spiro atoms. The van der Waals surface area contributed by atoms with Crippen molar-refractivity contribution in [2.24, 2.45) is 11.8 Å². The van der Waals surface area contributed by atoms with Crippen LogP contribution in [0.4, 0.5) is 0 Å². The summed E-state index contributed by atoms with van der Waals surface area (Å²) < 4.78 is 0. The quantitative estimate of drug-likeness (QED) is 0.668. The second-order valence-corrected chi connectivity index (χ2v) is 3.46. The molecule has 1 aliphatic heterocycles.